The van der Waals surface area contributed by atoms with E-state index < -0.39 is 24.0 Å². The lowest BCUT2D eigenvalue weighted by Gasteiger charge is -2.59. The highest BCUT2D eigenvalue weighted by atomic mass is 17.3. The maximum atomic E-state index is 10.2. The van der Waals surface area contributed by atoms with Crippen molar-refractivity contribution in [3.63, 3.8) is 0 Å². The maximum Gasteiger partial charge on any atom is 0.201 e. The van der Waals surface area contributed by atoms with Crippen LogP contribution in [-0.2, 0) is 19.2 Å². The molecule has 8 atom stereocenters. The number of hydrogen-bond acceptors (Lipinski definition) is 5. The second kappa shape index (κ2) is 4.17. The predicted octanol–water partition coefficient (Wildman–Crippen LogP) is 2.19. The average Bonchev–Trinajstić information content (AvgIpc) is 2.63. The molecule has 114 valence electrons. The molecule has 20 heavy (non-hydrogen) atoms. The lowest BCUT2D eigenvalue weighted by molar-refractivity contribution is -0.576. The van der Waals surface area contributed by atoms with Crippen LogP contribution in [0.15, 0.2) is 0 Å². The van der Waals surface area contributed by atoms with E-state index in [4.69, 9.17) is 19.2 Å². The molecule has 0 radical (unpaired) electrons. The van der Waals surface area contributed by atoms with Crippen LogP contribution >= 0.6 is 0 Å². The molecule has 5 fully saturated rings. The van der Waals surface area contributed by atoms with Crippen molar-refractivity contribution in [1.29, 1.82) is 0 Å². The normalized spacial score (nSPS) is 61.8. The Morgan fingerprint density at radius 2 is 1.85 bits per heavy atom. The van der Waals surface area contributed by atoms with Gasteiger partial charge in [-0.15, -0.1) is 0 Å². The third kappa shape index (κ3) is 1.56. The van der Waals surface area contributed by atoms with E-state index in [9.17, 15) is 5.11 Å². The molecule has 2 unspecified atom stereocenters. The largest absolute Gasteiger partial charge is 0.368 e. The molecule has 5 rings (SSSR count). The minimum atomic E-state index is -0.781. The minimum absolute atomic E-state index is 0.0379. The molecular formula is C15H24O5. The molecule has 1 aliphatic carbocycles. The van der Waals surface area contributed by atoms with Gasteiger partial charge in [-0.3, -0.25) is 0 Å². The highest BCUT2D eigenvalue weighted by Gasteiger charge is 2.69. The molecule has 4 heterocycles. The van der Waals surface area contributed by atoms with Gasteiger partial charge in [0.15, 0.2) is 18.2 Å². The highest BCUT2D eigenvalue weighted by Crippen LogP contribution is 2.60. The molecule has 4 saturated heterocycles. The van der Waals surface area contributed by atoms with Gasteiger partial charge in [-0.1, -0.05) is 13.8 Å². The van der Waals surface area contributed by atoms with E-state index in [1.54, 1.807) is 0 Å². The first-order valence-corrected chi connectivity index (χ1v) is 7.84. The second-order valence-electron chi connectivity index (χ2n) is 7.30. The number of hydrogen-bond donors (Lipinski definition) is 1. The minimum Gasteiger partial charge on any atom is -0.368 e. The van der Waals surface area contributed by atoms with Gasteiger partial charge in [0.05, 0.1) is 0 Å². The van der Waals surface area contributed by atoms with Crippen LogP contribution < -0.4 is 0 Å². The van der Waals surface area contributed by atoms with Crippen LogP contribution in [0.4, 0.5) is 0 Å². The van der Waals surface area contributed by atoms with Gasteiger partial charge in [-0.2, -0.15) is 0 Å². The summed E-state index contributed by atoms with van der Waals surface area (Å²) in [6.07, 6.45) is 2.72. The summed E-state index contributed by atoms with van der Waals surface area (Å²) in [7, 11) is 0. The van der Waals surface area contributed by atoms with Crippen molar-refractivity contribution < 1.29 is 24.4 Å². The zero-order valence-corrected chi connectivity index (χ0v) is 12.4. The van der Waals surface area contributed by atoms with E-state index >= 15 is 0 Å². The second-order valence-corrected chi connectivity index (χ2v) is 7.30. The number of aliphatic hydroxyl groups is 1. The molecule has 1 N–H and O–H groups in total. The first kappa shape index (κ1) is 13.5. The topological polar surface area (TPSA) is 57.2 Å². The van der Waals surface area contributed by atoms with Crippen LogP contribution in [0.25, 0.3) is 0 Å². The van der Waals surface area contributed by atoms with Crippen molar-refractivity contribution in [2.24, 2.45) is 23.7 Å². The molecule has 5 nitrogen and oxygen atoms in total. The Morgan fingerprint density at radius 1 is 1.05 bits per heavy atom. The molecule has 1 saturated carbocycles. The predicted molar refractivity (Wildman–Crippen MR) is 69.0 cm³/mol. The molecule has 5 aliphatic rings. The molecule has 1 spiro atoms. The van der Waals surface area contributed by atoms with Crippen LogP contribution in [0, 0.1) is 23.7 Å². The van der Waals surface area contributed by atoms with Crippen LogP contribution in [0.2, 0.25) is 0 Å². The molecule has 0 aromatic carbocycles. The molecular weight excluding hydrogens is 260 g/mol. The maximum absolute atomic E-state index is 10.2. The zero-order chi connectivity index (χ0) is 14.1. The number of ether oxygens (including phenoxy) is 2. The molecule has 0 aromatic rings. The summed E-state index contributed by atoms with van der Waals surface area (Å²) in [5, 5.41) is 10.2. The molecule has 0 aromatic heterocycles. The van der Waals surface area contributed by atoms with Crippen molar-refractivity contribution in [3.8, 4) is 0 Å². The van der Waals surface area contributed by atoms with Crippen molar-refractivity contribution in [2.75, 3.05) is 0 Å². The smallest absolute Gasteiger partial charge is 0.201 e. The van der Waals surface area contributed by atoms with Gasteiger partial charge in [0, 0.05) is 18.3 Å². The van der Waals surface area contributed by atoms with E-state index in [1.807, 2.05) is 13.8 Å². The fraction of sp³-hybridized carbons (Fsp3) is 1.00. The zero-order valence-electron chi connectivity index (χ0n) is 12.4. The Balaban J connectivity index is 1.82. The van der Waals surface area contributed by atoms with E-state index in [2.05, 4.69) is 6.92 Å². The number of fused-ring (bicyclic) bond motifs is 2. The molecule has 2 bridgehead atoms. The van der Waals surface area contributed by atoms with Gasteiger partial charge in [0.25, 0.3) is 0 Å². The van der Waals surface area contributed by atoms with Crippen molar-refractivity contribution >= 4 is 0 Å². The molecule has 4 aliphatic heterocycles. The van der Waals surface area contributed by atoms with Gasteiger partial charge in [0.2, 0.25) is 5.79 Å². The first-order valence-electron chi connectivity index (χ1n) is 7.84. The lowest BCUT2D eigenvalue weighted by atomic mass is 9.58. The van der Waals surface area contributed by atoms with E-state index in [-0.39, 0.29) is 11.8 Å². The summed E-state index contributed by atoms with van der Waals surface area (Å²) in [5.74, 6) is 0.437. The monoisotopic (exact) mass is 284 g/mol. The van der Waals surface area contributed by atoms with Crippen molar-refractivity contribution in [1.82, 2.24) is 0 Å². The number of aliphatic hydroxyl groups excluding tert-OH is 1. The highest BCUT2D eigenvalue weighted by molar-refractivity contribution is 5.08. The van der Waals surface area contributed by atoms with Gasteiger partial charge in [0.1, 0.15) is 0 Å². The average molecular weight is 284 g/mol. The Hall–Kier alpha value is -0.200. The summed E-state index contributed by atoms with van der Waals surface area (Å²) >= 11 is 0. The van der Waals surface area contributed by atoms with Crippen LogP contribution in [-0.4, -0.2) is 29.1 Å². The third-order valence-corrected chi connectivity index (χ3v) is 6.12. The van der Waals surface area contributed by atoms with E-state index in [1.165, 1.54) is 6.42 Å². The summed E-state index contributed by atoms with van der Waals surface area (Å²) in [6, 6.07) is 0. The first-order chi connectivity index (χ1) is 9.46. The summed E-state index contributed by atoms with van der Waals surface area (Å²) in [5.41, 5.74) is -0.549. The Bertz CT molecular complexity index is 411. The standard InChI is InChI=1S/C15H24O5/c1-8-4-5-11-9(2)12(16)17-13-15(11)10(8)6-7-14(3,18-13)19-20-15/h8-13,16H,4-7H2,1-3H3/t8-,9-,10+,11+,12?,13?,14-,15-/m1/s1. The van der Waals surface area contributed by atoms with E-state index in [0.717, 1.165) is 19.3 Å². The van der Waals surface area contributed by atoms with Gasteiger partial charge >= 0.3 is 0 Å². The number of rotatable bonds is 0. The van der Waals surface area contributed by atoms with Gasteiger partial charge < -0.3 is 14.6 Å². The summed E-state index contributed by atoms with van der Waals surface area (Å²) in [4.78, 5) is 11.6. The third-order valence-electron chi connectivity index (χ3n) is 6.12. The Morgan fingerprint density at radius 3 is 2.65 bits per heavy atom. The fourth-order valence-corrected chi connectivity index (χ4v) is 4.89. The fourth-order valence-electron chi connectivity index (χ4n) is 4.89. The molecule has 5 heteroatoms. The Kier molecular flexibility index (Phi) is 2.81. The summed E-state index contributed by atoms with van der Waals surface area (Å²) in [6.45, 7) is 6.22. The SMILES string of the molecule is C[C@@H]1CC[C@H]2[C@@H](C)C(O)OC3O[C@@]4(C)CC[C@@H]1[C@]32OO4. The van der Waals surface area contributed by atoms with Crippen molar-refractivity contribution in [3.05, 3.63) is 0 Å². The lowest BCUT2D eigenvalue weighted by Crippen LogP contribution is -2.70. The van der Waals surface area contributed by atoms with Crippen molar-refractivity contribution in [2.45, 2.75) is 70.4 Å². The van der Waals surface area contributed by atoms with Crippen LogP contribution in [0.3, 0.4) is 0 Å². The van der Waals surface area contributed by atoms with E-state index in [0.29, 0.717) is 11.8 Å². The Labute approximate surface area is 119 Å². The quantitative estimate of drug-likeness (QED) is 0.691. The van der Waals surface area contributed by atoms with Gasteiger partial charge in [-0.05, 0) is 38.0 Å². The summed E-state index contributed by atoms with van der Waals surface area (Å²) < 4.78 is 11.9. The molecule has 0 amide bonds. The van der Waals surface area contributed by atoms with Crippen LogP contribution in [0.1, 0.15) is 46.5 Å². The van der Waals surface area contributed by atoms with Gasteiger partial charge in [-0.25, -0.2) is 9.78 Å². The van der Waals surface area contributed by atoms with Crippen LogP contribution in [0.5, 0.6) is 0 Å².